The van der Waals surface area contributed by atoms with Gasteiger partial charge in [-0.05, 0) is 37.3 Å². The van der Waals surface area contributed by atoms with E-state index >= 15 is 0 Å². The Bertz CT molecular complexity index is 1310. The van der Waals surface area contributed by atoms with Gasteiger partial charge in [0.2, 0.25) is 11.0 Å². The Labute approximate surface area is 206 Å². The van der Waals surface area contributed by atoms with Crippen molar-refractivity contribution in [3.8, 4) is 11.3 Å². The first kappa shape index (κ1) is 23.2. The molecule has 168 valence electrons. The van der Waals surface area contributed by atoms with E-state index in [9.17, 15) is 9.59 Å². The third kappa shape index (κ3) is 5.72. The molecule has 4 rings (SSSR count). The van der Waals surface area contributed by atoms with Crippen molar-refractivity contribution in [2.75, 3.05) is 16.4 Å². The van der Waals surface area contributed by atoms with E-state index in [1.165, 1.54) is 11.8 Å². The maximum atomic E-state index is 12.9. The monoisotopic (exact) mass is 519 g/mol. The highest BCUT2D eigenvalue weighted by molar-refractivity contribution is 8.01. The minimum atomic E-state index is -0.447. The van der Waals surface area contributed by atoms with Gasteiger partial charge < -0.3 is 9.84 Å². The van der Waals surface area contributed by atoms with E-state index in [-0.39, 0.29) is 22.4 Å². The first-order valence-corrected chi connectivity index (χ1v) is 12.0. The molecule has 0 unspecified atom stereocenters. The van der Waals surface area contributed by atoms with Crippen LogP contribution in [0.1, 0.15) is 16.1 Å². The predicted molar refractivity (Wildman–Crippen MR) is 130 cm³/mol. The number of rotatable bonds is 7. The molecule has 0 bridgehead atoms. The standard InChI is InChI=1S/C21H15Cl2N5O3S2/c1-11-17(18(28-31-11)14-4-2-3-5-15(14)23)19(30)25-20-26-27-21(33-20)32-10-16(29)24-13-8-6-12(22)7-9-13/h2-9H,10H2,1H3,(H,24,29)(H,25,26,30). The predicted octanol–water partition coefficient (Wildman–Crippen LogP) is 5.79. The molecule has 0 aliphatic rings. The van der Waals surface area contributed by atoms with Crippen molar-refractivity contribution in [2.24, 2.45) is 0 Å². The number of amides is 2. The van der Waals surface area contributed by atoms with Gasteiger partial charge in [-0.15, -0.1) is 10.2 Å². The van der Waals surface area contributed by atoms with Gasteiger partial charge >= 0.3 is 0 Å². The van der Waals surface area contributed by atoms with Gasteiger partial charge in [0.25, 0.3) is 5.91 Å². The van der Waals surface area contributed by atoms with Gasteiger partial charge in [0, 0.05) is 16.3 Å². The molecule has 2 aromatic heterocycles. The molecule has 33 heavy (non-hydrogen) atoms. The van der Waals surface area contributed by atoms with E-state index in [0.29, 0.717) is 37.1 Å². The molecule has 0 aliphatic carbocycles. The third-order valence-corrected chi connectivity index (χ3v) is 6.85. The molecule has 2 N–H and O–H groups in total. The highest BCUT2D eigenvalue weighted by Crippen LogP contribution is 2.32. The van der Waals surface area contributed by atoms with Crippen LogP contribution in [0.3, 0.4) is 0 Å². The summed E-state index contributed by atoms with van der Waals surface area (Å²) in [7, 11) is 0. The van der Waals surface area contributed by atoms with Gasteiger partial charge in [0.1, 0.15) is 17.0 Å². The minimum Gasteiger partial charge on any atom is -0.360 e. The lowest BCUT2D eigenvalue weighted by atomic mass is 10.1. The summed E-state index contributed by atoms with van der Waals surface area (Å²) in [5, 5.41) is 18.8. The lowest BCUT2D eigenvalue weighted by molar-refractivity contribution is -0.113. The number of hydrogen-bond acceptors (Lipinski definition) is 8. The van der Waals surface area contributed by atoms with E-state index in [1.807, 2.05) is 0 Å². The van der Waals surface area contributed by atoms with Crippen LogP contribution in [0, 0.1) is 6.92 Å². The van der Waals surface area contributed by atoms with E-state index in [1.54, 1.807) is 55.5 Å². The molecule has 0 spiro atoms. The number of thioether (sulfide) groups is 1. The average molecular weight is 520 g/mol. The van der Waals surface area contributed by atoms with Crippen LogP contribution in [0.15, 0.2) is 57.4 Å². The van der Waals surface area contributed by atoms with Crippen molar-refractivity contribution in [3.05, 3.63) is 69.9 Å². The molecule has 2 aromatic carbocycles. The number of nitrogens with one attached hydrogen (secondary N) is 2. The van der Waals surface area contributed by atoms with E-state index in [4.69, 9.17) is 27.7 Å². The molecule has 0 saturated heterocycles. The van der Waals surface area contributed by atoms with Crippen LogP contribution in [0.5, 0.6) is 0 Å². The van der Waals surface area contributed by atoms with Crippen LogP contribution in [0.2, 0.25) is 10.0 Å². The lowest BCUT2D eigenvalue weighted by Gasteiger charge is -2.04. The van der Waals surface area contributed by atoms with E-state index in [2.05, 4.69) is 26.0 Å². The largest absolute Gasteiger partial charge is 0.360 e. The number of carbonyl (C=O) groups excluding carboxylic acids is 2. The van der Waals surface area contributed by atoms with Crippen molar-refractivity contribution >= 4 is 68.9 Å². The Kier molecular flexibility index (Phi) is 7.29. The summed E-state index contributed by atoms with van der Waals surface area (Å²) in [6, 6.07) is 13.9. The summed E-state index contributed by atoms with van der Waals surface area (Å²) in [5.74, 6) is -0.170. The minimum absolute atomic E-state index is 0.132. The number of benzene rings is 2. The molecule has 2 amide bonds. The number of nitrogens with zero attached hydrogens (tertiary/aromatic N) is 3. The number of anilines is 2. The molecule has 4 aromatic rings. The van der Waals surface area contributed by atoms with Crippen LogP contribution in [-0.4, -0.2) is 32.9 Å². The summed E-state index contributed by atoms with van der Waals surface area (Å²) in [6.45, 7) is 1.64. The fourth-order valence-corrected chi connectivity index (χ4v) is 4.71. The number of halogens is 2. The number of carbonyl (C=O) groups is 2. The smallest absolute Gasteiger partial charge is 0.263 e. The normalized spacial score (nSPS) is 10.8. The van der Waals surface area contributed by atoms with Crippen molar-refractivity contribution in [1.82, 2.24) is 15.4 Å². The molecular weight excluding hydrogens is 505 g/mol. The SMILES string of the molecule is Cc1onc(-c2ccccc2Cl)c1C(=O)Nc1nnc(SCC(=O)Nc2ccc(Cl)cc2)s1. The summed E-state index contributed by atoms with van der Waals surface area (Å²) in [6.07, 6.45) is 0. The quantitative estimate of drug-likeness (QED) is 0.234. The van der Waals surface area contributed by atoms with Crippen molar-refractivity contribution in [3.63, 3.8) is 0 Å². The second-order valence-corrected chi connectivity index (χ2v) is 9.66. The zero-order valence-corrected chi connectivity index (χ0v) is 20.1. The van der Waals surface area contributed by atoms with Gasteiger partial charge in [0.15, 0.2) is 4.34 Å². The Morgan fingerprint density at radius 2 is 1.82 bits per heavy atom. The topological polar surface area (TPSA) is 110 Å². The van der Waals surface area contributed by atoms with Crippen LogP contribution in [0.25, 0.3) is 11.3 Å². The van der Waals surface area contributed by atoms with Gasteiger partial charge in [-0.3, -0.25) is 14.9 Å². The molecular formula is C21H15Cl2N5O3S2. The number of aryl methyl sites for hydroxylation is 1. The summed E-state index contributed by atoms with van der Waals surface area (Å²) >= 11 is 14.5. The van der Waals surface area contributed by atoms with Gasteiger partial charge in [0.05, 0.1) is 10.8 Å². The zero-order valence-electron chi connectivity index (χ0n) is 17.0. The third-order valence-electron chi connectivity index (χ3n) is 4.30. The zero-order chi connectivity index (χ0) is 23.4. The molecule has 12 heteroatoms. The van der Waals surface area contributed by atoms with Crippen molar-refractivity contribution in [1.29, 1.82) is 0 Å². The van der Waals surface area contributed by atoms with E-state index in [0.717, 1.165) is 11.3 Å². The van der Waals surface area contributed by atoms with Gasteiger partial charge in [-0.25, -0.2) is 0 Å². The van der Waals surface area contributed by atoms with Crippen LogP contribution in [0.4, 0.5) is 10.8 Å². The molecule has 0 saturated carbocycles. The maximum Gasteiger partial charge on any atom is 0.263 e. The second-order valence-electron chi connectivity index (χ2n) is 6.61. The fourth-order valence-electron chi connectivity index (χ4n) is 2.81. The summed E-state index contributed by atoms with van der Waals surface area (Å²) in [4.78, 5) is 25.0. The molecule has 0 radical (unpaired) electrons. The van der Waals surface area contributed by atoms with Gasteiger partial charge in [-0.1, -0.05) is 69.7 Å². The van der Waals surface area contributed by atoms with Crippen molar-refractivity contribution < 1.29 is 14.1 Å². The average Bonchev–Trinajstić information content (AvgIpc) is 3.40. The Morgan fingerprint density at radius 3 is 2.58 bits per heavy atom. The summed E-state index contributed by atoms with van der Waals surface area (Å²) < 4.78 is 5.76. The van der Waals surface area contributed by atoms with Gasteiger partial charge in [-0.2, -0.15) is 0 Å². The van der Waals surface area contributed by atoms with E-state index < -0.39 is 5.91 Å². The second kappa shape index (κ2) is 10.3. The highest BCUT2D eigenvalue weighted by atomic mass is 35.5. The van der Waals surface area contributed by atoms with Crippen LogP contribution in [-0.2, 0) is 4.79 Å². The Morgan fingerprint density at radius 1 is 1.06 bits per heavy atom. The molecule has 0 fully saturated rings. The summed E-state index contributed by atoms with van der Waals surface area (Å²) in [5.41, 5.74) is 1.83. The Balaban J connectivity index is 1.39. The Hall–Kier alpha value is -2.92. The molecule has 0 aliphatic heterocycles. The van der Waals surface area contributed by atoms with Crippen molar-refractivity contribution in [2.45, 2.75) is 11.3 Å². The fraction of sp³-hybridized carbons (Fsp3) is 0.0952. The van der Waals surface area contributed by atoms with Crippen LogP contribution < -0.4 is 10.6 Å². The lowest BCUT2D eigenvalue weighted by Crippen LogP contribution is -2.13. The number of aromatic nitrogens is 3. The van der Waals surface area contributed by atoms with Crippen LogP contribution >= 0.6 is 46.3 Å². The first-order valence-electron chi connectivity index (χ1n) is 9.45. The molecule has 2 heterocycles. The highest BCUT2D eigenvalue weighted by Gasteiger charge is 2.24. The number of hydrogen-bond donors (Lipinski definition) is 2. The molecule has 0 atom stereocenters. The maximum absolute atomic E-state index is 12.9. The first-order chi connectivity index (χ1) is 15.9. The molecule has 8 nitrogen and oxygen atoms in total.